The molecule has 1 N–H and O–H groups in total. The van der Waals surface area contributed by atoms with Gasteiger partial charge in [0, 0.05) is 25.0 Å². The highest BCUT2D eigenvalue weighted by molar-refractivity contribution is 6.10. The van der Waals surface area contributed by atoms with Gasteiger partial charge in [-0.1, -0.05) is 31.5 Å². The molecule has 1 saturated heterocycles. The summed E-state index contributed by atoms with van der Waals surface area (Å²) in [5, 5.41) is 8.35. The number of hydrogen-bond acceptors (Lipinski definition) is 4. The molecular formula is C24H27N5O2. The Labute approximate surface area is 181 Å². The number of carbonyl (C=O) groups is 2. The molecule has 2 atom stereocenters. The molecule has 1 aromatic carbocycles. The molecule has 0 radical (unpaired) electrons. The predicted octanol–water partition coefficient (Wildman–Crippen LogP) is 3.49. The molecule has 0 aliphatic carbocycles. The van der Waals surface area contributed by atoms with Crippen LogP contribution in [-0.4, -0.2) is 44.1 Å². The molecule has 3 aromatic rings. The summed E-state index contributed by atoms with van der Waals surface area (Å²) < 4.78 is 1.73. The quantitative estimate of drug-likeness (QED) is 0.707. The van der Waals surface area contributed by atoms with Gasteiger partial charge >= 0.3 is 0 Å². The second kappa shape index (κ2) is 6.90. The third-order valence-corrected chi connectivity index (χ3v) is 6.90. The molecule has 0 saturated carbocycles. The van der Waals surface area contributed by atoms with Gasteiger partial charge in [-0.2, -0.15) is 5.10 Å². The number of amides is 2. The number of likely N-dealkylation sites (tertiary alicyclic amines) is 1. The monoisotopic (exact) mass is 417 g/mol. The summed E-state index contributed by atoms with van der Waals surface area (Å²) in [6.07, 6.45) is 2.29. The standard InChI is InChI=1S/C24H27N5O2/c1-5-8-19-24(17-9-6-7-10-18(17)26-23(24)31)11-12-29(19)22(30)16-13-14(2)25-21-20(16)15(3)27-28(21)4/h6-7,9-10,13,19H,5,8,11-12H2,1-4H3,(H,26,31)/t19-,24+/m0/s1. The van der Waals surface area contributed by atoms with Crippen LogP contribution in [0.1, 0.15) is 53.5 Å². The molecule has 7 nitrogen and oxygen atoms in total. The minimum absolute atomic E-state index is 0.0102. The maximum atomic E-state index is 13.9. The van der Waals surface area contributed by atoms with Crippen molar-refractivity contribution in [1.29, 1.82) is 0 Å². The van der Waals surface area contributed by atoms with Crippen molar-refractivity contribution < 1.29 is 9.59 Å². The highest BCUT2D eigenvalue weighted by Gasteiger charge is 2.58. The highest BCUT2D eigenvalue weighted by Crippen LogP contribution is 2.49. The fraction of sp³-hybridized carbons (Fsp3) is 0.417. The lowest BCUT2D eigenvalue weighted by Gasteiger charge is -2.34. The lowest BCUT2D eigenvalue weighted by molar-refractivity contribution is -0.121. The van der Waals surface area contributed by atoms with Gasteiger partial charge in [-0.25, -0.2) is 4.98 Å². The second-order valence-corrected chi connectivity index (χ2v) is 8.74. The van der Waals surface area contributed by atoms with Gasteiger partial charge in [0.2, 0.25) is 5.91 Å². The number of nitrogens with one attached hydrogen (secondary N) is 1. The molecule has 2 aliphatic heterocycles. The van der Waals surface area contributed by atoms with Crippen LogP contribution < -0.4 is 5.32 Å². The first-order valence-electron chi connectivity index (χ1n) is 10.9. The van der Waals surface area contributed by atoms with Crippen molar-refractivity contribution in [3.63, 3.8) is 0 Å². The van der Waals surface area contributed by atoms with Gasteiger partial charge in [-0.15, -0.1) is 0 Å². The number of hydrogen-bond donors (Lipinski definition) is 1. The van der Waals surface area contributed by atoms with Crippen molar-refractivity contribution in [1.82, 2.24) is 19.7 Å². The number of benzene rings is 1. The maximum Gasteiger partial charge on any atom is 0.255 e. The summed E-state index contributed by atoms with van der Waals surface area (Å²) >= 11 is 0. The molecule has 0 unspecified atom stereocenters. The number of anilines is 1. The molecule has 2 aromatic heterocycles. The molecule has 5 rings (SSSR count). The molecule has 4 heterocycles. The summed E-state index contributed by atoms with van der Waals surface area (Å²) in [4.78, 5) is 33.8. The first-order valence-corrected chi connectivity index (χ1v) is 10.9. The Kier molecular flexibility index (Phi) is 4.39. The van der Waals surface area contributed by atoms with Crippen LogP contribution in [0.5, 0.6) is 0 Å². The Balaban J connectivity index is 1.63. The van der Waals surface area contributed by atoms with Crippen LogP contribution >= 0.6 is 0 Å². The van der Waals surface area contributed by atoms with Gasteiger partial charge < -0.3 is 10.2 Å². The molecule has 2 aliphatic rings. The van der Waals surface area contributed by atoms with Gasteiger partial charge in [0.25, 0.3) is 5.91 Å². The molecule has 2 amide bonds. The first-order chi connectivity index (χ1) is 14.9. The number of aromatic nitrogens is 3. The number of para-hydroxylation sites is 1. The van der Waals surface area contributed by atoms with E-state index in [1.165, 1.54) is 0 Å². The molecule has 7 heteroatoms. The van der Waals surface area contributed by atoms with Crippen LogP contribution in [0.25, 0.3) is 11.0 Å². The van der Waals surface area contributed by atoms with E-state index in [9.17, 15) is 9.59 Å². The lowest BCUT2D eigenvalue weighted by atomic mass is 9.73. The zero-order valence-electron chi connectivity index (χ0n) is 18.4. The minimum Gasteiger partial charge on any atom is -0.334 e. The number of carbonyl (C=O) groups excluding carboxylic acids is 2. The summed E-state index contributed by atoms with van der Waals surface area (Å²) in [6.45, 7) is 6.46. The van der Waals surface area contributed by atoms with Crippen molar-refractivity contribution in [3.05, 3.63) is 52.8 Å². The number of pyridine rings is 1. The fourth-order valence-corrected chi connectivity index (χ4v) is 5.61. The van der Waals surface area contributed by atoms with Crippen molar-refractivity contribution in [3.8, 4) is 0 Å². The van der Waals surface area contributed by atoms with E-state index in [-0.39, 0.29) is 17.9 Å². The van der Waals surface area contributed by atoms with Crippen LogP contribution in [0.15, 0.2) is 30.3 Å². The summed E-state index contributed by atoms with van der Waals surface area (Å²) in [6, 6.07) is 9.56. The van der Waals surface area contributed by atoms with Crippen molar-refractivity contribution >= 4 is 28.5 Å². The molecule has 31 heavy (non-hydrogen) atoms. The minimum atomic E-state index is -0.687. The molecular weight excluding hydrogens is 390 g/mol. The van der Waals surface area contributed by atoms with Gasteiger partial charge in [-0.05, 0) is 44.4 Å². The Morgan fingerprint density at radius 2 is 2.06 bits per heavy atom. The van der Waals surface area contributed by atoms with Crippen LogP contribution in [0.2, 0.25) is 0 Å². The zero-order valence-corrected chi connectivity index (χ0v) is 18.4. The number of aryl methyl sites for hydroxylation is 3. The smallest absolute Gasteiger partial charge is 0.255 e. The van der Waals surface area contributed by atoms with Crippen LogP contribution in [0.4, 0.5) is 5.69 Å². The predicted molar refractivity (Wildman–Crippen MR) is 119 cm³/mol. The van der Waals surface area contributed by atoms with E-state index in [0.29, 0.717) is 24.2 Å². The molecule has 1 spiro atoms. The first kappa shape index (κ1) is 19.7. The molecule has 0 bridgehead atoms. The zero-order chi connectivity index (χ0) is 21.9. The molecule has 160 valence electrons. The average Bonchev–Trinajstić information content (AvgIpc) is 3.35. The summed E-state index contributed by atoms with van der Waals surface area (Å²) in [7, 11) is 1.85. The van der Waals surface area contributed by atoms with Gasteiger partial charge in [0.15, 0.2) is 5.65 Å². The van der Waals surface area contributed by atoms with E-state index in [0.717, 1.165) is 40.9 Å². The third-order valence-electron chi connectivity index (χ3n) is 6.90. The van der Waals surface area contributed by atoms with Crippen LogP contribution in [0, 0.1) is 13.8 Å². The van der Waals surface area contributed by atoms with Gasteiger partial charge in [0.1, 0.15) is 0 Å². The Morgan fingerprint density at radius 3 is 2.84 bits per heavy atom. The summed E-state index contributed by atoms with van der Waals surface area (Å²) in [5.41, 5.74) is 4.11. The van der Waals surface area contributed by atoms with Crippen molar-refractivity contribution in [2.75, 3.05) is 11.9 Å². The third kappa shape index (κ3) is 2.65. The highest BCUT2D eigenvalue weighted by atomic mass is 16.2. The Morgan fingerprint density at radius 1 is 1.29 bits per heavy atom. The van der Waals surface area contributed by atoms with E-state index in [1.807, 2.05) is 56.1 Å². The number of nitrogens with zero attached hydrogens (tertiary/aromatic N) is 4. The van der Waals surface area contributed by atoms with Gasteiger partial charge in [-0.3, -0.25) is 14.3 Å². The number of fused-ring (bicyclic) bond motifs is 3. The SMILES string of the molecule is CCC[C@@H]1N(C(=O)c2cc(C)nc3c2c(C)nn3C)CC[C@]12C(=O)Nc1ccccc12. The van der Waals surface area contributed by atoms with Crippen molar-refractivity contribution in [2.45, 2.75) is 51.5 Å². The Hall–Kier alpha value is -3.22. The largest absolute Gasteiger partial charge is 0.334 e. The summed E-state index contributed by atoms with van der Waals surface area (Å²) in [5.74, 6) is -0.0322. The second-order valence-electron chi connectivity index (χ2n) is 8.74. The average molecular weight is 418 g/mol. The van der Waals surface area contributed by atoms with Crippen LogP contribution in [0.3, 0.4) is 0 Å². The van der Waals surface area contributed by atoms with E-state index in [4.69, 9.17) is 0 Å². The maximum absolute atomic E-state index is 13.9. The fourth-order valence-electron chi connectivity index (χ4n) is 5.61. The lowest BCUT2D eigenvalue weighted by Crippen LogP contribution is -2.48. The number of rotatable bonds is 3. The topological polar surface area (TPSA) is 80.1 Å². The van der Waals surface area contributed by atoms with E-state index in [1.54, 1.807) is 4.68 Å². The van der Waals surface area contributed by atoms with Gasteiger partial charge in [0.05, 0.1) is 28.1 Å². The van der Waals surface area contributed by atoms with E-state index in [2.05, 4.69) is 22.3 Å². The normalized spacial score (nSPS) is 22.4. The Bertz CT molecular complexity index is 1230. The van der Waals surface area contributed by atoms with E-state index < -0.39 is 5.41 Å². The molecule has 1 fully saturated rings. The van der Waals surface area contributed by atoms with E-state index >= 15 is 0 Å². The van der Waals surface area contributed by atoms with Crippen molar-refractivity contribution in [2.24, 2.45) is 7.05 Å². The van der Waals surface area contributed by atoms with Crippen LogP contribution in [-0.2, 0) is 17.3 Å².